The molecule has 15 heavy (non-hydrogen) atoms. The van der Waals surface area contributed by atoms with Crippen molar-refractivity contribution in [3.05, 3.63) is 36.5 Å². The molecule has 2 N–H and O–H groups in total. The predicted octanol–water partition coefficient (Wildman–Crippen LogP) is 2.90. The standard InChI is InChI=1S/C12H15N3/c1-2-8-13-11-5-3-10(4-6-11)12-7-9-14-15-12/h3-7,9,13H,2,8H2,1H3,(H,14,15). The first kappa shape index (κ1) is 9.77. The number of rotatable bonds is 4. The summed E-state index contributed by atoms with van der Waals surface area (Å²) in [5.41, 5.74) is 3.38. The van der Waals surface area contributed by atoms with Crippen LogP contribution >= 0.6 is 0 Å². The van der Waals surface area contributed by atoms with Crippen LogP contribution in [0, 0.1) is 0 Å². The summed E-state index contributed by atoms with van der Waals surface area (Å²) in [6.45, 7) is 3.18. The van der Waals surface area contributed by atoms with E-state index >= 15 is 0 Å². The van der Waals surface area contributed by atoms with Gasteiger partial charge >= 0.3 is 0 Å². The molecule has 1 aromatic carbocycles. The van der Waals surface area contributed by atoms with Crippen LogP contribution in [-0.4, -0.2) is 16.7 Å². The maximum absolute atomic E-state index is 3.93. The molecule has 2 rings (SSSR count). The van der Waals surface area contributed by atoms with Gasteiger partial charge in [-0.05, 0) is 30.2 Å². The van der Waals surface area contributed by atoms with E-state index in [2.05, 4.69) is 46.7 Å². The third-order valence-corrected chi connectivity index (χ3v) is 2.28. The highest BCUT2D eigenvalue weighted by Crippen LogP contribution is 2.18. The molecular weight excluding hydrogens is 186 g/mol. The second kappa shape index (κ2) is 4.64. The molecule has 78 valence electrons. The fourth-order valence-corrected chi connectivity index (χ4v) is 1.45. The van der Waals surface area contributed by atoms with Crippen molar-refractivity contribution in [1.29, 1.82) is 0 Å². The molecule has 1 aromatic heterocycles. The number of benzene rings is 1. The summed E-state index contributed by atoms with van der Waals surface area (Å²) >= 11 is 0. The van der Waals surface area contributed by atoms with Gasteiger partial charge in [-0.3, -0.25) is 5.10 Å². The van der Waals surface area contributed by atoms with Crippen molar-refractivity contribution in [2.24, 2.45) is 0 Å². The number of H-pyrrole nitrogens is 1. The zero-order valence-electron chi connectivity index (χ0n) is 8.83. The Balaban J connectivity index is 2.11. The Bertz CT molecular complexity index is 389. The molecule has 0 radical (unpaired) electrons. The average molecular weight is 201 g/mol. The Kier molecular flexibility index (Phi) is 3.02. The second-order valence-corrected chi connectivity index (χ2v) is 3.47. The van der Waals surface area contributed by atoms with Gasteiger partial charge in [-0.15, -0.1) is 0 Å². The molecule has 1 heterocycles. The number of hydrogen-bond donors (Lipinski definition) is 2. The van der Waals surface area contributed by atoms with Crippen molar-refractivity contribution >= 4 is 5.69 Å². The van der Waals surface area contributed by atoms with Crippen LogP contribution in [0.3, 0.4) is 0 Å². The number of aromatic nitrogens is 2. The first-order chi connectivity index (χ1) is 7.40. The maximum atomic E-state index is 3.93. The van der Waals surface area contributed by atoms with Crippen LogP contribution in [0.5, 0.6) is 0 Å². The maximum Gasteiger partial charge on any atom is 0.0650 e. The molecule has 0 bridgehead atoms. The van der Waals surface area contributed by atoms with Gasteiger partial charge in [-0.25, -0.2) is 0 Å². The molecule has 0 aliphatic carbocycles. The lowest BCUT2D eigenvalue weighted by Gasteiger charge is -2.04. The van der Waals surface area contributed by atoms with Gasteiger partial charge in [-0.1, -0.05) is 19.1 Å². The van der Waals surface area contributed by atoms with E-state index in [1.165, 1.54) is 5.69 Å². The number of nitrogens with one attached hydrogen (secondary N) is 2. The first-order valence-corrected chi connectivity index (χ1v) is 5.24. The van der Waals surface area contributed by atoms with E-state index < -0.39 is 0 Å². The molecule has 0 unspecified atom stereocenters. The van der Waals surface area contributed by atoms with Gasteiger partial charge < -0.3 is 5.32 Å². The Labute approximate surface area is 89.5 Å². The lowest BCUT2D eigenvalue weighted by atomic mass is 10.1. The van der Waals surface area contributed by atoms with Crippen LogP contribution in [0.4, 0.5) is 5.69 Å². The van der Waals surface area contributed by atoms with Crippen molar-refractivity contribution in [3.8, 4) is 11.3 Å². The smallest absolute Gasteiger partial charge is 0.0650 e. The molecule has 0 amide bonds. The highest BCUT2D eigenvalue weighted by atomic mass is 15.1. The van der Waals surface area contributed by atoms with Gasteiger partial charge in [0.15, 0.2) is 0 Å². The number of aromatic amines is 1. The molecule has 0 atom stereocenters. The van der Waals surface area contributed by atoms with Crippen LogP contribution in [-0.2, 0) is 0 Å². The van der Waals surface area contributed by atoms with Crippen LogP contribution in [0.25, 0.3) is 11.3 Å². The zero-order valence-corrected chi connectivity index (χ0v) is 8.83. The van der Waals surface area contributed by atoms with Gasteiger partial charge in [0.25, 0.3) is 0 Å². The summed E-state index contributed by atoms with van der Waals surface area (Å²) in [6.07, 6.45) is 2.90. The SMILES string of the molecule is CCCNc1ccc(-c2ccn[nH]2)cc1. The number of anilines is 1. The van der Waals surface area contributed by atoms with Gasteiger partial charge in [0.2, 0.25) is 0 Å². The number of hydrogen-bond acceptors (Lipinski definition) is 2. The third kappa shape index (κ3) is 2.37. The molecule has 0 aliphatic heterocycles. The Morgan fingerprint density at radius 2 is 2.00 bits per heavy atom. The quantitative estimate of drug-likeness (QED) is 0.798. The first-order valence-electron chi connectivity index (χ1n) is 5.24. The van der Waals surface area contributed by atoms with E-state index in [0.717, 1.165) is 24.2 Å². The normalized spacial score (nSPS) is 10.2. The summed E-state index contributed by atoms with van der Waals surface area (Å²) in [5, 5.41) is 10.2. The molecule has 3 nitrogen and oxygen atoms in total. The Morgan fingerprint density at radius 3 is 2.60 bits per heavy atom. The topological polar surface area (TPSA) is 40.7 Å². The summed E-state index contributed by atoms with van der Waals surface area (Å²) in [7, 11) is 0. The molecule has 3 heteroatoms. The second-order valence-electron chi connectivity index (χ2n) is 3.47. The minimum Gasteiger partial charge on any atom is -0.385 e. The molecule has 0 saturated heterocycles. The minimum atomic E-state index is 1.02. The number of nitrogens with zero attached hydrogens (tertiary/aromatic N) is 1. The van der Waals surface area contributed by atoms with Crippen molar-refractivity contribution in [1.82, 2.24) is 10.2 Å². The van der Waals surface area contributed by atoms with Crippen molar-refractivity contribution in [2.45, 2.75) is 13.3 Å². The van der Waals surface area contributed by atoms with Gasteiger partial charge in [0.1, 0.15) is 0 Å². The molecular formula is C12H15N3. The third-order valence-electron chi connectivity index (χ3n) is 2.28. The highest BCUT2D eigenvalue weighted by molar-refractivity contribution is 5.62. The molecule has 0 saturated carbocycles. The highest BCUT2D eigenvalue weighted by Gasteiger charge is 1.97. The zero-order chi connectivity index (χ0) is 10.5. The predicted molar refractivity (Wildman–Crippen MR) is 62.8 cm³/mol. The summed E-state index contributed by atoms with van der Waals surface area (Å²) in [4.78, 5) is 0. The largest absolute Gasteiger partial charge is 0.385 e. The van der Waals surface area contributed by atoms with Crippen molar-refractivity contribution in [3.63, 3.8) is 0 Å². The monoisotopic (exact) mass is 201 g/mol. The van der Waals surface area contributed by atoms with E-state index in [1.54, 1.807) is 6.20 Å². The Hall–Kier alpha value is -1.77. The molecule has 0 spiro atoms. The summed E-state index contributed by atoms with van der Waals surface area (Å²) in [6, 6.07) is 10.3. The van der Waals surface area contributed by atoms with E-state index in [0.29, 0.717) is 0 Å². The summed E-state index contributed by atoms with van der Waals surface area (Å²) < 4.78 is 0. The van der Waals surface area contributed by atoms with E-state index in [9.17, 15) is 0 Å². The fourth-order valence-electron chi connectivity index (χ4n) is 1.45. The minimum absolute atomic E-state index is 1.02. The van der Waals surface area contributed by atoms with Gasteiger partial charge in [0, 0.05) is 18.4 Å². The molecule has 0 fully saturated rings. The average Bonchev–Trinajstić information content (AvgIpc) is 2.80. The lowest BCUT2D eigenvalue weighted by molar-refractivity contribution is 0.980. The van der Waals surface area contributed by atoms with E-state index in [1.807, 2.05) is 6.07 Å². The fraction of sp³-hybridized carbons (Fsp3) is 0.250. The van der Waals surface area contributed by atoms with Crippen molar-refractivity contribution < 1.29 is 0 Å². The van der Waals surface area contributed by atoms with Gasteiger partial charge in [-0.2, -0.15) is 5.10 Å². The van der Waals surface area contributed by atoms with Crippen molar-refractivity contribution in [2.75, 3.05) is 11.9 Å². The van der Waals surface area contributed by atoms with Gasteiger partial charge in [0.05, 0.1) is 5.69 Å². The van der Waals surface area contributed by atoms with E-state index in [-0.39, 0.29) is 0 Å². The molecule has 2 aromatic rings. The lowest BCUT2D eigenvalue weighted by Crippen LogP contribution is -1.98. The van der Waals surface area contributed by atoms with Crippen LogP contribution < -0.4 is 5.32 Å². The van der Waals surface area contributed by atoms with Crippen LogP contribution in [0.1, 0.15) is 13.3 Å². The van der Waals surface area contributed by atoms with Crippen LogP contribution in [0.2, 0.25) is 0 Å². The van der Waals surface area contributed by atoms with E-state index in [4.69, 9.17) is 0 Å². The van der Waals surface area contributed by atoms with Crippen LogP contribution in [0.15, 0.2) is 36.5 Å². The summed E-state index contributed by atoms with van der Waals surface area (Å²) in [5.74, 6) is 0. The molecule has 0 aliphatic rings. The Morgan fingerprint density at radius 1 is 1.20 bits per heavy atom.